The van der Waals surface area contributed by atoms with Crippen molar-refractivity contribution in [1.29, 1.82) is 0 Å². The minimum absolute atomic E-state index is 0.293. The normalized spacial score (nSPS) is 10.5. The average molecular weight is 350 g/mol. The molecule has 0 unspecified atom stereocenters. The lowest BCUT2D eigenvalue weighted by Crippen LogP contribution is -2.46. The molecule has 0 atom stereocenters. The third-order valence-electron chi connectivity index (χ3n) is 3.23. The summed E-state index contributed by atoms with van der Waals surface area (Å²) in [4.78, 5) is 11.4. The van der Waals surface area contributed by atoms with E-state index in [4.69, 9.17) is 0 Å². The Morgan fingerprint density at radius 3 is 1.43 bits per heavy atom. The van der Waals surface area contributed by atoms with Crippen LogP contribution in [0.25, 0.3) is 0 Å². The number of rotatable bonds is 3. The van der Waals surface area contributed by atoms with Gasteiger partial charge in [-0.3, -0.25) is 0 Å². The molecule has 0 aliphatic rings. The first-order valence-corrected chi connectivity index (χ1v) is 7.99. The third kappa shape index (κ3) is 3.71. The van der Waals surface area contributed by atoms with E-state index in [0.29, 0.717) is 11.1 Å². The highest BCUT2D eigenvalue weighted by molar-refractivity contribution is 9.08. The number of carbonyl (C=O) groups excluding carboxylic acids is 1. The first-order valence-electron chi connectivity index (χ1n) is 6.40. The van der Waals surface area contributed by atoms with E-state index in [1.165, 1.54) is 0 Å². The van der Waals surface area contributed by atoms with Crippen molar-refractivity contribution < 1.29 is 15.0 Å². The summed E-state index contributed by atoms with van der Waals surface area (Å²) >= 11 is 2.94. The highest BCUT2D eigenvalue weighted by Gasteiger charge is 2.33. The van der Waals surface area contributed by atoms with Gasteiger partial charge >= 0.3 is 0 Å². The fraction of sp³-hybridized carbons (Fsp3) is 0.235. The van der Waals surface area contributed by atoms with Gasteiger partial charge in [0.1, 0.15) is 0 Å². The van der Waals surface area contributed by atoms with Gasteiger partial charge in [0, 0.05) is 0 Å². The molecule has 21 heavy (non-hydrogen) atoms. The van der Waals surface area contributed by atoms with Crippen LogP contribution in [0.4, 0.5) is 0 Å². The third-order valence-corrected chi connectivity index (χ3v) is 3.23. The Labute approximate surface area is 133 Å². The Hall–Kier alpha value is -1.65. The van der Waals surface area contributed by atoms with Gasteiger partial charge in [-0.15, -0.1) is 0 Å². The lowest BCUT2D eigenvalue weighted by atomic mass is 9.86. The summed E-state index contributed by atoms with van der Waals surface area (Å²) in [5.41, 5.74) is 0.451. The second kappa shape index (κ2) is 7.38. The SMILES string of the molecule is CBr.Cc1ccc(C(O)(C(=O)[O-])c2ccc(C)cc2)cc1. The number of carboxylic acids is 1. The zero-order valence-corrected chi connectivity index (χ0v) is 13.8. The number of alkyl halides is 1. The number of aryl methyl sites for hydroxylation is 2. The first-order chi connectivity index (χ1) is 9.94. The predicted molar refractivity (Wildman–Crippen MR) is 85.2 cm³/mol. The van der Waals surface area contributed by atoms with Crippen LogP contribution in [0.5, 0.6) is 0 Å². The standard InChI is InChI=1S/C16H16O3.CH3Br/c1-11-3-7-13(8-4-11)16(19,15(17)18)14-9-5-12(2)6-10-14;1-2/h3-10,19H,1-2H3,(H,17,18);1H3/p-1. The van der Waals surface area contributed by atoms with Crippen molar-refractivity contribution in [1.82, 2.24) is 0 Å². The van der Waals surface area contributed by atoms with Gasteiger partial charge in [-0.2, -0.15) is 0 Å². The highest BCUT2D eigenvalue weighted by atomic mass is 79.9. The topological polar surface area (TPSA) is 60.4 Å². The molecule has 2 aromatic carbocycles. The number of carboxylic acid groups (broad SMARTS) is 1. The summed E-state index contributed by atoms with van der Waals surface area (Å²) in [5.74, 6) is 0.285. The van der Waals surface area contributed by atoms with Crippen molar-refractivity contribution in [3.63, 3.8) is 0 Å². The number of benzene rings is 2. The van der Waals surface area contributed by atoms with E-state index >= 15 is 0 Å². The van der Waals surface area contributed by atoms with Gasteiger partial charge in [-0.1, -0.05) is 75.6 Å². The summed E-state index contributed by atoms with van der Waals surface area (Å²) in [6.07, 6.45) is 0. The fourth-order valence-corrected chi connectivity index (χ4v) is 1.99. The van der Waals surface area contributed by atoms with Crippen molar-refractivity contribution in [2.45, 2.75) is 19.4 Å². The van der Waals surface area contributed by atoms with Crippen molar-refractivity contribution in [3.8, 4) is 0 Å². The Morgan fingerprint density at radius 2 is 1.19 bits per heavy atom. The van der Waals surface area contributed by atoms with Crippen LogP contribution in [0.1, 0.15) is 22.3 Å². The molecule has 112 valence electrons. The summed E-state index contributed by atoms with van der Waals surface area (Å²) < 4.78 is 0. The van der Waals surface area contributed by atoms with Crippen molar-refractivity contribution in [2.24, 2.45) is 0 Å². The zero-order valence-electron chi connectivity index (χ0n) is 12.3. The van der Waals surface area contributed by atoms with Crippen LogP contribution in [0, 0.1) is 13.8 Å². The molecule has 0 aliphatic carbocycles. The van der Waals surface area contributed by atoms with Crippen molar-refractivity contribution >= 4 is 21.9 Å². The minimum atomic E-state index is -2.12. The molecule has 0 heterocycles. The molecule has 0 aromatic heterocycles. The van der Waals surface area contributed by atoms with Gasteiger partial charge in [-0.25, -0.2) is 0 Å². The van der Waals surface area contributed by atoms with Crippen LogP contribution in [0.15, 0.2) is 48.5 Å². The molecule has 0 aliphatic heterocycles. The predicted octanol–water partition coefficient (Wildman–Crippen LogP) is 2.30. The smallest absolute Gasteiger partial charge is 0.154 e. The van der Waals surface area contributed by atoms with Crippen LogP contribution in [0.2, 0.25) is 0 Å². The zero-order chi connectivity index (χ0) is 16.0. The lowest BCUT2D eigenvalue weighted by Gasteiger charge is -2.30. The molecule has 1 N–H and O–H groups in total. The number of hydrogen-bond acceptors (Lipinski definition) is 3. The van der Waals surface area contributed by atoms with E-state index in [0.717, 1.165) is 11.1 Å². The van der Waals surface area contributed by atoms with Crippen LogP contribution in [-0.2, 0) is 10.4 Å². The molecule has 2 rings (SSSR count). The number of halogens is 1. The van der Waals surface area contributed by atoms with Crippen LogP contribution in [0.3, 0.4) is 0 Å². The van der Waals surface area contributed by atoms with Crippen LogP contribution >= 0.6 is 15.9 Å². The lowest BCUT2D eigenvalue weighted by molar-refractivity contribution is -0.322. The fourth-order valence-electron chi connectivity index (χ4n) is 1.99. The maximum atomic E-state index is 11.4. The van der Waals surface area contributed by atoms with Gasteiger partial charge in [-0.05, 0) is 30.8 Å². The van der Waals surface area contributed by atoms with E-state index in [9.17, 15) is 15.0 Å². The molecule has 0 radical (unpaired) electrons. The molecule has 0 spiro atoms. The molecular formula is C17H18BrO3-. The molecule has 2 aromatic rings. The molecule has 0 amide bonds. The summed E-state index contributed by atoms with van der Waals surface area (Å²) in [6.45, 7) is 3.79. The highest BCUT2D eigenvalue weighted by Crippen LogP contribution is 2.29. The van der Waals surface area contributed by atoms with E-state index in [1.807, 2.05) is 19.7 Å². The Bertz CT molecular complexity index is 543. The second-order valence-electron chi connectivity index (χ2n) is 4.73. The van der Waals surface area contributed by atoms with Crippen LogP contribution in [-0.4, -0.2) is 16.9 Å². The van der Waals surface area contributed by atoms with Crippen molar-refractivity contribution in [3.05, 3.63) is 70.8 Å². The van der Waals surface area contributed by atoms with E-state index in [1.54, 1.807) is 48.5 Å². The van der Waals surface area contributed by atoms with Gasteiger partial charge in [0.25, 0.3) is 0 Å². The van der Waals surface area contributed by atoms with Gasteiger partial charge < -0.3 is 15.0 Å². The summed E-state index contributed by atoms with van der Waals surface area (Å²) in [5, 5.41) is 22.0. The molecular weight excluding hydrogens is 332 g/mol. The van der Waals surface area contributed by atoms with Gasteiger partial charge in [0.05, 0.1) is 5.97 Å². The van der Waals surface area contributed by atoms with E-state index in [-0.39, 0.29) is 0 Å². The molecule has 0 saturated heterocycles. The minimum Gasteiger partial charge on any atom is -0.546 e. The molecule has 0 saturated carbocycles. The van der Waals surface area contributed by atoms with E-state index < -0.39 is 11.6 Å². The van der Waals surface area contributed by atoms with Gasteiger partial charge in [0.15, 0.2) is 5.60 Å². The number of aliphatic carboxylic acids is 1. The maximum absolute atomic E-state index is 11.4. The number of carbonyl (C=O) groups is 1. The Balaban J connectivity index is 0.00000106. The number of hydrogen-bond donors (Lipinski definition) is 1. The second-order valence-corrected chi connectivity index (χ2v) is 4.73. The first kappa shape index (κ1) is 17.4. The van der Waals surface area contributed by atoms with Gasteiger partial charge in [0.2, 0.25) is 0 Å². The largest absolute Gasteiger partial charge is 0.546 e. The molecule has 3 nitrogen and oxygen atoms in total. The summed E-state index contributed by atoms with van der Waals surface area (Å²) in [7, 11) is 0. The van der Waals surface area contributed by atoms with Crippen molar-refractivity contribution in [2.75, 3.05) is 5.83 Å². The maximum Gasteiger partial charge on any atom is 0.154 e. The Morgan fingerprint density at radius 1 is 0.905 bits per heavy atom. The Kier molecular flexibility index (Phi) is 6.12. The molecule has 0 fully saturated rings. The van der Waals surface area contributed by atoms with E-state index in [2.05, 4.69) is 15.9 Å². The molecule has 0 bridgehead atoms. The van der Waals surface area contributed by atoms with Crippen LogP contribution < -0.4 is 5.11 Å². The molecule has 4 heteroatoms. The monoisotopic (exact) mass is 349 g/mol. The average Bonchev–Trinajstić information content (AvgIpc) is 2.49. The quantitative estimate of drug-likeness (QED) is 0.865. The number of aliphatic hydroxyl groups is 1. The summed E-state index contributed by atoms with van der Waals surface area (Å²) in [6, 6.07) is 13.5.